The number of phenolic OH excluding ortho intramolecular Hbond substituents is 1. The fourth-order valence-electron chi connectivity index (χ4n) is 2.84. The van der Waals surface area contributed by atoms with Crippen molar-refractivity contribution in [2.24, 2.45) is 0 Å². The third-order valence-electron chi connectivity index (χ3n) is 4.20. The van der Waals surface area contributed by atoms with Gasteiger partial charge in [-0.3, -0.25) is 4.79 Å². The van der Waals surface area contributed by atoms with Crippen LogP contribution in [0.3, 0.4) is 0 Å². The van der Waals surface area contributed by atoms with E-state index in [9.17, 15) is 14.7 Å². The molecule has 2 aromatic carbocycles. The zero-order chi connectivity index (χ0) is 16.2. The smallest absolute Gasteiger partial charge is 0.346 e. The number of phenols is 1. The molecule has 22 heavy (non-hydrogen) atoms. The molecule has 0 atom stereocenters. The van der Waals surface area contributed by atoms with Crippen molar-refractivity contribution in [2.75, 3.05) is 7.11 Å². The van der Waals surface area contributed by atoms with Crippen LogP contribution in [0.5, 0.6) is 11.5 Å². The lowest BCUT2D eigenvalue weighted by Gasteiger charge is -2.30. The normalized spacial score (nSPS) is 16.4. The van der Waals surface area contributed by atoms with Gasteiger partial charge in [-0.1, -0.05) is 0 Å². The second kappa shape index (κ2) is 4.47. The molecule has 0 radical (unpaired) electrons. The van der Waals surface area contributed by atoms with E-state index >= 15 is 0 Å². The maximum absolute atomic E-state index is 12.2. The van der Waals surface area contributed by atoms with Crippen LogP contribution in [0.25, 0.3) is 10.8 Å². The Labute approximate surface area is 127 Å². The van der Waals surface area contributed by atoms with Gasteiger partial charge in [-0.05, 0) is 50.1 Å². The molecule has 1 aliphatic rings. The van der Waals surface area contributed by atoms with Gasteiger partial charge in [0.1, 0.15) is 11.5 Å². The maximum Gasteiger partial charge on any atom is 0.346 e. The van der Waals surface area contributed by atoms with Crippen LogP contribution in [-0.2, 0) is 14.9 Å². The van der Waals surface area contributed by atoms with Crippen LogP contribution < -0.4 is 4.74 Å². The van der Waals surface area contributed by atoms with Gasteiger partial charge in [-0.2, -0.15) is 0 Å². The van der Waals surface area contributed by atoms with Gasteiger partial charge in [-0.15, -0.1) is 0 Å². The van der Waals surface area contributed by atoms with E-state index in [-0.39, 0.29) is 5.75 Å². The van der Waals surface area contributed by atoms with E-state index in [1.165, 1.54) is 13.2 Å². The number of rotatable bonds is 1. The van der Waals surface area contributed by atoms with Gasteiger partial charge in [0.2, 0.25) is 0 Å². The molecule has 0 amide bonds. The van der Waals surface area contributed by atoms with Gasteiger partial charge >= 0.3 is 11.9 Å². The summed E-state index contributed by atoms with van der Waals surface area (Å²) in [4.78, 5) is 24.2. The van der Waals surface area contributed by atoms with Crippen LogP contribution in [0, 0.1) is 6.92 Å². The summed E-state index contributed by atoms with van der Waals surface area (Å²) in [5.74, 6) is -0.698. The number of hydrogen-bond donors (Lipinski definition) is 1. The van der Waals surface area contributed by atoms with Crippen molar-refractivity contribution in [3.05, 3.63) is 34.9 Å². The summed E-state index contributed by atoms with van der Waals surface area (Å²) >= 11 is 0. The van der Waals surface area contributed by atoms with Crippen molar-refractivity contribution in [3.63, 3.8) is 0 Å². The maximum atomic E-state index is 12.2. The highest BCUT2D eigenvalue weighted by Gasteiger charge is 2.43. The van der Waals surface area contributed by atoms with Gasteiger partial charge in [0, 0.05) is 10.8 Å². The van der Waals surface area contributed by atoms with Gasteiger partial charge in [-0.25, -0.2) is 4.79 Å². The number of esters is 2. The molecular weight excluding hydrogens is 284 g/mol. The van der Waals surface area contributed by atoms with Crippen molar-refractivity contribution < 1.29 is 24.2 Å². The molecule has 1 heterocycles. The Morgan fingerprint density at radius 3 is 2.45 bits per heavy atom. The van der Waals surface area contributed by atoms with Gasteiger partial charge in [0.25, 0.3) is 0 Å². The monoisotopic (exact) mass is 300 g/mol. The molecule has 3 rings (SSSR count). The number of aryl methyl sites for hydroxylation is 1. The quantitative estimate of drug-likeness (QED) is 0.647. The van der Waals surface area contributed by atoms with E-state index in [0.29, 0.717) is 27.6 Å². The SMILES string of the molecule is COc1cc2c3c(cc(O)c2cc1C)C(C)(C)C(=O)OC3=O. The number of fused-ring (bicyclic) bond motifs is 3. The minimum Gasteiger partial charge on any atom is -0.507 e. The van der Waals surface area contributed by atoms with Crippen molar-refractivity contribution in [3.8, 4) is 11.5 Å². The van der Waals surface area contributed by atoms with Crippen LogP contribution in [-0.4, -0.2) is 24.2 Å². The number of cyclic esters (lactones) is 2. The summed E-state index contributed by atoms with van der Waals surface area (Å²) in [7, 11) is 1.54. The highest BCUT2D eigenvalue weighted by Crippen LogP contribution is 2.42. The number of hydrogen-bond acceptors (Lipinski definition) is 5. The average molecular weight is 300 g/mol. The van der Waals surface area contributed by atoms with E-state index in [1.807, 2.05) is 6.92 Å². The van der Waals surface area contributed by atoms with Crippen molar-refractivity contribution in [1.29, 1.82) is 0 Å². The number of methoxy groups -OCH3 is 1. The standard InChI is InChI=1S/C17H16O5/c1-8-5-9-10(6-13(8)21-4)14-11(7-12(9)18)17(2,3)16(20)22-15(14)19/h5-7,18H,1-4H3. The highest BCUT2D eigenvalue weighted by atomic mass is 16.6. The summed E-state index contributed by atoms with van der Waals surface area (Å²) in [6, 6.07) is 4.92. The molecule has 5 nitrogen and oxygen atoms in total. The third kappa shape index (κ3) is 1.78. The molecule has 0 fully saturated rings. The molecule has 0 aromatic heterocycles. The first-order chi connectivity index (χ1) is 10.3. The third-order valence-corrected chi connectivity index (χ3v) is 4.20. The van der Waals surface area contributed by atoms with E-state index in [2.05, 4.69) is 0 Å². The number of benzene rings is 2. The first-order valence-electron chi connectivity index (χ1n) is 6.88. The predicted molar refractivity (Wildman–Crippen MR) is 80.4 cm³/mol. The predicted octanol–water partition coefficient (Wildman–Crippen LogP) is 2.84. The Morgan fingerprint density at radius 1 is 1.14 bits per heavy atom. The lowest BCUT2D eigenvalue weighted by atomic mass is 9.78. The Hall–Kier alpha value is -2.56. The van der Waals surface area contributed by atoms with Gasteiger partial charge < -0.3 is 14.6 Å². The Bertz CT molecular complexity index is 833. The first-order valence-corrected chi connectivity index (χ1v) is 6.88. The van der Waals surface area contributed by atoms with Crippen molar-refractivity contribution in [2.45, 2.75) is 26.2 Å². The van der Waals surface area contributed by atoms with E-state index < -0.39 is 17.4 Å². The molecule has 0 aliphatic carbocycles. The molecule has 0 unspecified atom stereocenters. The lowest BCUT2D eigenvalue weighted by Crippen LogP contribution is -2.39. The molecule has 0 bridgehead atoms. The van der Waals surface area contributed by atoms with E-state index in [0.717, 1.165) is 5.56 Å². The zero-order valence-corrected chi connectivity index (χ0v) is 12.8. The summed E-state index contributed by atoms with van der Waals surface area (Å²) in [5.41, 5.74) is 0.595. The Balaban J connectivity index is 2.48. The van der Waals surface area contributed by atoms with Crippen molar-refractivity contribution in [1.82, 2.24) is 0 Å². The molecule has 0 saturated carbocycles. The molecule has 114 valence electrons. The van der Waals surface area contributed by atoms with Gasteiger partial charge in [0.05, 0.1) is 18.1 Å². The highest BCUT2D eigenvalue weighted by molar-refractivity contribution is 6.15. The van der Waals surface area contributed by atoms with Crippen LogP contribution in [0.2, 0.25) is 0 Å². The van der Waals surface area contributed by atoms with Crippen LogP contribution in [0.4, 0.5) is 0 Å². The first kappa shape index (κ1) is 14.4. The lowest BCUT2D eigenvalue weighted by molar-refractivity contribution is -0.144. The number of ether oxygens (including phenoxy) is 2. The number of carbonyl (C=O) groups excluding carboxylic acids is 2. The van der Waals surface area contributed by atoms with E-state index in [1.54, 1.807) is 26.0 Å². The summed E-state index contributed by atoms with van der Waals surface area (Å²) < 4.78 is 10.2. The topological polar surface area (TPSA) is 72.8 Å². The molecule has 2 aromatic rings. The molecule has 0 spiro atoms. The minimum atomic E-state index is -1.01. The average Bonchev–Trinajstić information content (AvgIpc) is 2.45. The summed E-state index contributed by atoms with van der Waals surface area (Å²) in [5, 5.41) is 11.4. The summed E-state index contributed by atoms with van der Waals surface area (Å²) in [6.07, 6.45) is 0. The van der Waals surface area contributed by atoms with Gasteiger partial charge in [0.15, 0.2) is 0 Å². The second-order valence-electron chi connectivity index (χ2n) is 5.99. The summed E-state index contributed by atoms with van der Waals surface area (Å²) in [6.45, 7) is 5.18. The molecule has 0 saturated heterocycles. The van der Waals surface area contributed by atoms with Crippen molar-refractivity contribution >= 4 is 22.7 Å². The second-order valence-corrected chi connectivity index (χ2v) is 5.99. The van der Waals surface area contributed by atoms with Crippen LogP contribution >= 0.6 is 0 Å². The minimum absolute atomic E-state index is 0.0232. The van der Waals surface area contributed by atoms with Crippen LogP contribution in [0.15, 0.2) is 18.2 Å². The molecular formula is C17H16O5. The fourth-order valence-corrected chi connectivity index (χ4v) is 2.84. The van der Waals surface area contributed by atoms with E-state index in [4.69, 9.17) is 9.47 Å². The molecule has 1 aliphatic heterocycles. The zero-order valence-electron chi connectivity index (χ0n) is 12.8. The fraction of sp³-hybridized carbons (Fsp3) is 0.294. The number of carbonyl (C=O) groups is 2. The van der Waals surface area contributed by atoms with Crippen LogP contribution in [0.1, 0.15) is 35.3 Å². The largest absolute Gasteiger partial charge is 0.507 e. The Morgan fingerprint density at radius 2 is 1.82 bits per heavy atom. The number of aromatic hydroxyl groups is 1. The Kier molecular flexibility index (Phi) is 2.92. The molecule has 1 N–H and O–H groups in total. The molecule has 5 heteroatoms.